The molecule has 0 fully saturated rings. The maximum absolute atomic E-state index is 12.1. The number of rotatable bonds is 8. The summed E-state index contributed by atoms with van der Waals surface area (Å²) in [5.74, 6) is -0.712. The Morgan fingerprint density at radius 1 is 1.00 bits per heavy atom. The molecule has 0 bridgehead atoms. The van der Waals surface area contributed by atoms with Crippen molar-refractivity contribution in [2.24, 2.45) is 5.16 Å². The Morgan fingerprint density at radius 3 is 2.38 bits per heavy atom. The van der Waals surface area contributed by atoms with Gasteiger partial charge in [-0.05, 0) is 12.1 Å². The first-order valence-electron chi connectivity index (χ1n) is 8.55. The van der Waals surface area contributed by atoms with E-state index >= 15 is 0 Å². The Bertz CT molecular complexity index is 959. The highest BCUT2D eigenvalue weighted by molar-refractivity contribution is 6.30. The van der Waals surface area contributed by atoms with Crippen molar-refractivity contribution in [3.8, 4) is 0 Å². The molecule has 3 rings (SSSR count). The van der Waals surface area contributed by atoms with Gasteiger partial charge in [0.1, 0.15) is 18.4 Å². The number of ketones is 1. The fraction of sp³-hybridized carbons (Fsp3) is 0.150. The molecule has 0 N–H and O–H groups in total. The largest absolute Gasteiger partial charge is 0.335 e. The number of hydrogen-bond donors (Lipinski definition) is 0. The van der Waals surface area contributed by atoms with Gasteiger partial charge in [-0.15, -0.1) is 12.4 Å². The first kappa shape index (κ1) is 22.3. The van der Waals surface area contributed by atoms with Crippen molar-refractivity contribution < 1.29 is 14.4 Å². The predicted octanol–water partition coefficient (Wildman–Crippen LogP) is 3.96. The molecule has 150 valence electrons. The van der Waals surface area contributed by atoms with E-state index in [0.717, 1.165) is 5.56 Å². The zero-order valence-electron chi connectivity index (χ0n) is 15.3. The molecule has 7 nitrogen and oxygen atoms in total. The molecular formula is C20H18Cl2N4O3. The molecule has 0 spiro atoms. The molecular weight excluding hydrogens is 415 g/mol. The monoisotopic (exact) mass is 432 g/mol. The quantitative estimate of drug-likeness (QED) is 0.232. The Labute approximate surface area is 178 Å². The summed E-state index contributed by atoms with van der Waals surface area (Å²) in [5, 5.41) is 8.59. The second-order valence-electron chi connectivity index (χ2n) is 5.89. The molecule has 2 aromatic carbocycles. The van der Waals surface area contributed by atoms with E-state index in [4.69, 9.17) is 16.4 Å². The minimum Gasteiger partial charge on any atom is -0.318 e. The Balaban J connectivity index is 0.00000300. The Morgan fingerprint density at radius 2 is 1.72 bits per heavy atom. The minimum absolute atomic E-state index is 0. The Kier molecular flexibility index (Phi) is 8.51. The molecule has 0 radical (unpaired) electrons. The van der Waals surface area contributed by atoms with E-state index in [1.54, 1.807) is 53.2 Å². The molecule has 0 unspecified atom stereocenters. The van der Waals surface area contributed by atoms with Crippen LogP contribution in [0.4, 0.5) is 0 Å². The van der Waals surface area contributed by atoms with Crippen LogP contribution in [0.25, 0.3) is 0 Å². The van der Waals surface area contributed by atoms with Crippen LogP contribution >= 0.6 is 24.0 Å². The number of benzene rings is 2. The number of aromatic nitrogens is 3. The zero-order chi connectivity index (χ0) is 19.8. The summed E-state index contributed by atoms with van der Waals surface area (Å²) >= 11 is 5.92. The molecule has 0 amide bonds. The van der Waals surface area contributed by atoms with Gasteiger partial charge < -0.3 is 4.84 Å². The molecule has 0 saturated carbocycles. The number of nitrogens with zero attached hydrogens (tertiary/aromatic N) is 4. The van der Waals surface area contributed by atoms with E-state index in [1.807, 2.05) is 6.07 Å². The van der Waals surface area contributed by atoms with Gasteiger partial charge in [-0.1, -0.05) is 59.2 Å². The van der Waals surface area contributed by atoms with Gasteiger partial charge in [-0.25, -0.2) is 14.5 Å². The number of carbonyl (C=O) groups excluding carboxylic acids is 2. The molecule has 3 aromatic rings. The van der Waals surface area contributed by atoms with Crippen LogP contribution < -0.4 is 0 Å². The first-order chi connectivity index (χ1) is 13.6. The van der Waals surface area contributed by atoms with Gasteiger partial charge in [0, 0.05) is 22.6 Å². The Hall–Kier alpha value is -3.03. The third kappa shape index (κ3) is 6.81. The highest BCUT2D eigenvalue weighted by Crippen LogP contribution is 2.12. The zero-order valence-corrected chi connectivity index (χ0v) is 16.8. The molecule has 1 heterocycles. The van der Waals surface area contributed by atoms with Crippen molar-refractivity contribution >= 4 is 41.5 Å². The summed E-state index contributed by atoms with van der Waals surface area (Å²) < 4.78 is 1.56. The van der Waals surface area contributed by atoms with E-state index in [-0.39, 0.29) is 37.6 Å². The third-order valence-electron chi connectivity index (χ3n) is 3.87. The van der Waals surface area contributed by atoms with Gasteiger partial charge in [0.15, 0.2) is 5.78 Å². The van der Waals surface area contributed by atoms with E-state index in [0.29, 0.717) is 16.3 Å². The van der Waals surface area contributed by atoms with Crippen LogP contribution in [-0.4, -0.2) is 32.2 Å². The smallest absolute Gasteiger partial charge is 0.318 e. The first-order valence-corrected chi connectivity index (χ1v) is 8.93. The number of Topliss-reactive ketones (excluding diaryl/α,β-unsaturated/α-hetero) is 1. The summed E-state index contributed by atoms with van der Waals surface area (Å²) in [6.07, 6.45) is 2.93. The van der Waals surface area contributed by atoms with E-state index in [9.17, 15) is 9.59 Å². The highest BCUT2D eigenvalue weighted by Gasteiger charge is 2.12. The summed E-state index contributed by atoms with van der Waals surface area (Å²) in [6.45, 7) is 0.262. The van der Waals surface area contributed by atoms with Crippen LogP contribution in [-0.2, 0) is 16.2 Å². The minimum atomic E-state index is -0.589. The SMILES string of the molecule is Cl.O=C(CCC(=O)c1ccccc1)ON=C(Cn1cncn1)c1ccc(Cl)cc1. The van der Waals surface area contributed by atoms with E-state index in [2.05, 4.69) is 15.2 Å². The van der Waals surface area contributed by atoms with Crippen molar-refractivity contribution in [3.63, 3.8) is 0 Å². The average molecular weight is 433 g/mol. The molecule has 0 aliphatic heterocycles. The standard InChI is InChI=1S/C20H17ClN4O3.ClH/c21-17-8-6-15(7-9-17)18(12-25-14-22-13-23-25)24-28-20(27)11-10-19(26)16-4-2-1-3-5-16;/h1-9,13-14H,10-12H2;1H. The fourth-order valence-electron chi connectivity index (χ4n) is 2.42. The van der Waals surface area contributed by atoms with Gasteiger partial charge in [0.25, 0.3) is 0 Å². The van der Waals surface area contributed by atoms with Crippen molar-refractivity contribution in [2.45, 2.75) is 19.4 Å². The summed E-state index contributed by atoms with van der Waals surface area (Å²) in [6, 6.07) is 15.8. The van der Waals surface area contributed by atoms with Crippen LogP contribution in [0.1, 0.15) is 28.8 Å². The van der Waals surface area contributed by atoms with Crippen LogP contribution in [0.2, 0.25) is 5.02 Å². The van der Waals surface area contributed by atoms with Gasteiger partial charge in [-0.3, -0.25) is 4.79 Å². The van der Waals surface area contributed by atoms with Gasteiger partial charge >= 0.3 is 5.97 Å². The second-order valence-corrected chi connectivity index (χ2v) is 6.33. The third-order valence-corrected chi connectivity index (χ3v) is 4.12. The van der Waals surface area contributed by atoms with E-state index < -0.39 is 5.97 Å². The predicted molar refractivity (Wildman–Crippen MR) is 111 cm³/mol. The highest BCUT2D eigenvalue weighted by atomic mass is 35.5. The topological polar surface area (TPSA) is 86.4 Å². The number of carbonyl (C=O) groups is 2. The lowest BCUT2D eigenvalue weighted by molar-refractivity contribution is -0.143. The lowest BCUT2D eigenvalue weighted by Crippen LogP contribution is -2.14. The maximum Gasteiger partial charge on any atom is 0.335 e. The van der Waals surface area contributed by atoms with Gasteiger partial charge in [0.2, 0.25) is 0 Å². The van der Waals surface area contributed by atoms with Crippen molar-refractivity contribution in [1.82, 2.24) is 14.8 Å². The fourth-order valence-corrected chi connectivity index (χ4v) is 2.54. The second kappa shape index (κ2) is 11.1. The lowest BCUT2D eigenvalue weighted by atomic mass is 10.1. The number of hydrogen-bond acceptors (Lipinski definition) is 6. The molecule has 0 saturated heterocycles. The van der Waals surface area contributed by atoms with Crippen LogP contribution in [0, 0.1) is 0 Å². The van der Waals surface area contributed by atoms with Crippen LogP contribution in [0.3, 0.4) is 0 Å². The van der Waals surface area contributed by atoms with Crippen LogP contribution in [0.5, 0.6) is 0 Å². The number of oxime groups is 1. The summed E-state index contributed by atoms with van der Waals surface area (Å²) in [4.78, 5) is 33.0. The molecule has 29 heavy (non-hydrogen) atoms. The molecule has 9 heteroatoms. The average Bonchev–Trinajstić information content (AvgIpc) is 3.24. The van der Waals surface area contributed by atoms with Crippen molar-refractivity contribution in [2.75, 3.05) is 0 Å². The van der Waals surface area contributed by atoms with Crippen LogP contribution in [0.15, 0.2) is 72.4 Å². The van der Waals surface area contributed by atoms with Crippen molar-refractivity contribution in [3.05, 3.63) is 83.4 Å². The van der Waals surface area contributed by atoms with Gasteiger partial charge in [0.05, 0.1) is 13.0 Å². The molecule has 0 aliphatic rings. The van der Waals surface area contributed by atoms with Crippen molar-refractivity contribution in [1.29, 1.82) is 0 Å². The summed E-state index contributed by atoms with van der Waals surface area (Å²) in [5.41, 5.74) is 1.77. The summed E-state index contributed by atoms with van der Waals surface area (Å²) in [7, 11) is 0. The van der Waals surface area contributed by atoms with Gasteiger partial charge in [-0.2, -0.15) is 5.10 Å². The normalized spacial score (nSPS) is 10.9. The lowest BCUT2D eigenvalue weighted by Gasteiger charge is -2.07. The molecule has 0 atom stereocenters. The number of halogens is 2. The molecule has 0 aliphatic carbocycles. The maximum atomic E-state index is 12.1. The van der Waals surface area contributed by atoms with E-state index in [1.165, 1.54) is 12.7 Å². The molecule has 1 aromatic heterocycles.